The molecule has 0 bridgehead atoms. The summed E-state index contributed by atoms with van der Waals surface area (Å²) >= 11 is 0. The fraction of sp³-hybridized carbons (Fsp3) is 0.250. The van der Waals surface area contributed by atoms with Crippen molar-refractivity contribution >= 4 is 23.0 Å². The molecular weight excluding hydrogens is 322 g/mol. The van der Waals surface area contributed by atoms with Crippen molar-refractivity contribution in [2.24, 2.45) is 0 Å². The highest BCUT2D eigenvalue weighted by atomic mass is 16.6. The summed E-state index contributed by atoms with van der Waals surface area (Å²) in [5, 5.41) is 29.6. The van der Waals surface area contributed by atoms with Crippen LogP contribution < -0.4 is 9.80 Å². The number of nitriles is 2. The van der Waals surface area contributed by atoms with Crippen LogP contribution in [0.4, 0.5) is 23.0 Å². The first-order valence-electron chi connectivity index (χ1n) is 7.51. The zero-order chi connectivity index (χ0) is 17.8. The van der Waals surface area contributed by atoms with E-state index in [-0.39, 0.29) is 30.4 Å². The van der Waals surface area contributed by atoms with Gasteiger partial charge in [0.15, 0.2) is 0 Å². The van der Waals surface area contributed by atoms with Gasteiger partial charge in [0.1, 0.15) is 19.4 Å². The molecule has 1 aliphatic heterocycles. The van der Waals surface area contributed by atoms with Crippen molar-refractivity contribution in [3.63, 3.8) is 0 Å². The number of benzene rings is 1. The van der Waals surface area contributed by atoms with Crippen molar-refractivity contribution in [1.29, 1.82) is 10.5 Å². The molecule has 0 saturated heterocycles. The summed E-state index contributed by atoms with van der Waals surface area (Å²) in [7, 11) is 0. The van der Waals surface area contributed by atoms with Crippen LogP contribution in [0.3, 0.4) is 0 Å². The van der Waals surface area contributed by atoms with Gasteiger partial charge in [0, 0.05) is 12.2 Å². The average molecular weight is 335 g/mol. The standard InChI is InChI=1S/C16H13N7O2/c17-6-9-21(10-7-18)15-14(23(24)25)16(20-11-19-15)22-8-5-12-3-1-2-4-13(12)22/h1-4,11H,5,8-10H2. The number of aromatic nitrogens is 2. The first kappa shape index (κ1) is 16.1. The molecular formula is C16H13N7O2. The fourth-order valence-corrected chi connectivity index (χ4v) is 2.89. The Kier molecular flexibility index (Phi) is 4.40. The maximum atomic E-state index is 11.7. The van der Waals surface area contributed by atoms with Gasteiger partial charge in [-0.3, -0.25) is 10.1 Å². The number of hydrogen-bond donors (Lipinski definition) is 0. The second kappa shape index (κ2) is 6.81. The van der Waals surface area contributed by atoms with E-state index < -0.39 is 4.92 Å². The summed E-state index contributed by atoms with van der Waals surface area (Å²) in [5.41, 5.74) is 1.65. The minimum atomic E-state index is -0.562. The van der Waals surface area contributed by atoms with Crippen LogP contribution in [0.2, 0.25) is 0 Å². The summed E-state index contributed by atoms with van der Waals surface area (Å²) in [6, 6.07) is 11.4. The molecule has 0 spiro atoms. The van der Waals surface area contributed by atoms with Crippen molar-refractivity contribution in [2.45, 2.75) is 6.42 Å². The SMILES string of the molecule is N#CCN(CC#N)c1ncnc(N2CCc3ccccc32)c1[N+](=O)[O-]. The zero-order valence-corrected chi connectivity index (χ0v) is 13.2. The highest BCUT2D eigenvalue weighted by Crippen LogP contribution is 2.40. The van der Waals surface area contributed by atoms with Crippen molar-refractivity contribution in [1.82, 2.24) is 9.97 Å². The summed E-state index contributed by atoms with van der Waals surface area (Å²) < 4.78 is 0. The molecule has 0 fully saturated rings. The van der Waals surface area contributed by atoms with Crippen LogP contribution in [0, 0.1) is 32.8 Å². The molecule has 0 unspecified atom stereocenters. The first-order chi connectivity index (χ1) is 12.2. The maximum Gasteiger partial charge on any atom is 0.354 e. The lowest BCUT2D eigenvalue weighted by molar-refractivity contribution is -0.383. The Balaban J connectivity index is 2.13. The monoisotopic (exact) mass is 335 g/mol. The van der Waals surface area contributed by atoms with Crippen LogP contribution in [-0.2, 0) is 6.42 Å². The Bertz CT molecular complexity index is 884. The molecule has 0 N–H and O–H groups in total. The van der Waals surface area contributed by atoms with E-state index in [0.29, 0.717) is 6.54 Å². The van der Waals surface area contributed by atoms with Gasteiger partial charge in [-0.2, -0.15) is 10.5 Å². The molecule has 1 aliphatic rings. The molecule has 1 aromatic heterocycles. The molecule has 25 heavy (non-hydrogen) atoms. The quantitative estimate of drug-likeness (QED) is 0.461. The van der Waals surface area contributed by atoms with Crippen LogP contribution >= 0.6 is 0 Å². The number of fused-ring (bicyclic) bond motifs is 1. The van der Waals surface area contributed by atoms with Gasteiger partial charge in [-0.25, -0.2) is 9.97 Å². The van der Waals surface area contributed by atoms with Crippen LogP contribution in [0.25, 0.3) is 0 Å². The van der Waals surface area contributed by atoms with Crippen molar-refractivity contribution < 1.29 is 4.92 Å². The number of anilines is 3. The van der Waals surface area contributed by atoms with Gasteiger partial charge in [-0.15, -0.1) is 0 Å². The summed E-state index contributed by atoms with van der Waals surface area (Å²) in [6.45, 7) is 0.204. The zero-order valence-electron chi connectivity index (χ0n) is 13.2. The molecule has 3 rings (SSSR count). The number of rotatable bonds is 5. The van der Waals surface area contributed by atoms with E-state index in [1.807, 2.05) is 36.4 Å². The second-order valence-corrected chi connectivity index (χ2v) is 5.33. The highest BCUT2D eigenvalue weighted by Gasteiger charge is 2.33. The maximum absolute atomic E-state index is 11.7. The van der Waals surface area contributed by atoms with Gasteiger partial charge in [0.05, 0.1) is 17.1 Å². The summed E-state index contributed by atoms with van der Waals surface area (Å²) in [5.74, 6) is 0.142. The Labute approximate surface area is 143 Å². The molecule has 1 aromatic carbocycles. The molecule has 2 aromatic rings. The Morgan fingerprint density at radius 3 is 2.64 bits per heavy atom. The minimum absolute atomic E-state index is 0.0255. The van der Waals surface area contributed by atoms with Crippen molar-refractivity contribution in [3.05, 3.63) is 46.3 Å². The van der Waals surface area contributed by atoms with E-state index in [1.165, 1.54) is 11.2 Å². The smallest absolute Gasteiger partial charge is 0.324 e. The molecule has 0 saturated carbocycles. The predicted molar refractivity (Wildman–Crippen MR) is 89.3 cm³/mol. The van der Waals surface area contributed by atoms with Gasteiger partial charge in [0.2, 0.25) is 11.6 Å². The largest absolute Gasteiger partial charge is 0.354 e. The number of hydrogen-bond acceptors (Lipinski definition) is 8. The molecule has 0 amide bonds. The predicted octanol–water partition coefficient (Wildman–Crippen LogP) is 1.93. The van der Waals surface area contributed by atoms with Gasteiger partial charge in [-0.1, -0.05) is 18.2 Å². The molecule has 124 valence electrons. The van der Waals surface area contributed by atoms with Crippen LogP contribution in [-0.4, -0.2) is 34.5 Å². The van der Waals surface area contributed by atoms with Crippen LogP contribution in [0.1, 0.15) is 5.56 Å². The third kappa shape index (κ3) is 2.91. The molecule has 0 atom stereocenters. The van der Waals surface area contributed by atoms with Gasteiger partial charge in [-0.05, 0) is 18.1 Å². The van der Waals surface area contributed by atoms with E-state index in [4.69, 9.17) is 10.5 Å². The van der Waals surface area contributed by atoms with E-state index in [9.17, 15) is 10.1 Å². The van der Waals surface area contributed by atoms with Gasteiger partial charge < -0.3 is 9.80 Å². The highest BCUT2D eigenvalue weighted by molar-refractivity contribution is 5.79. The third-order valence-electron chi connectivity index (χ3n) is 3.93. The minimum Gasteiger partial charge on any atom is -0.324 e. The average Bonchev–Trinajstić information content (AvgIpc) is 3.04. The summed E-state index contributed by atoms with van der Waals surface area (Å²) in [6.07, 6.45) is 1.98. The normalized spacial score (nSPS) is 12.2. The number of nitro groups is 1. The lowest BCUT2D eigenvalue weighted by atomic mass is 10.2. The molecule has 2 heterocycles. The Morgan fingerprint density at radius 1 is 1.24 bits per heavy atom. The van der Waals surface area contributed by atoms with Crippen LogP contribution in [0.15, 0.2) is 30.6 Å². The Hall–Kier alpha value is -3.72. The van der Waals surface area contributed by atoms with Gasteiger partial charge >= 0.3 is 5.69 Å². The Morgan fingerprint density at radius 2 is 1.96 bits per heavy atom. The number of nitrogens with zero attached hydrogens (tertiary/aromatic N) is 7. The molecule has 0 aliphatic carbocycles. The first-order valence-corrected chi connectivity index (χ1v) is 7.51. The van der Waals surface area contributed by atoms with Crippen molar-refractivity contribution in [3.8, 4) is 12.1 Å². The fourth-order valence-electron chi connectivity index (χ4n) is 2.89. The third-order valence-corrected chi connectivity index (χ3v) is 3.93. The van der Waals surface area contributed by atoms with Gasteiger partial charge in [0.25, 0.3) is 0 Å². The van der Waals surface area contributed by atoms with Crippen LogP contribution in [0.5, 0.6) is 0 Å². The van der Waals surface area contributed by atoms with E-state index in [1.54, 1.807) is 4.90 Å². The topological polar surface area (TPSA) is 123 Å². The lowest BCUT2D eigenvalue weighted by Crippen LogP contribution is -2.27. The van der Waals surface area contributed by atoms with E-state index in [2.05, 4.69) is 9.97 Å². The van der Waals surface area contributed by atoms with E-state index >= 15 is 0 Å². The van der Waals surface area contributed by atoms with Crippen molar-refractivity contribution in [2.75, 3.05) is 29.4 Å². The van der Waals surface area contributed by atoms with E-state index in [0.717, 1.165) is 17.7 Å². The summed E-state index contributed by atoms with van der Waals surface area (Å²) in [4.78, 5) is 22.3. The molecule has 0 radical (unpaired) electrons. The second-order valence-electron chi connectivity index (χ2n) is 5.33. The molecule has 9 nitrogen and oxygen atoms in total. The lowest BCUT2D eigenvalue weighted by Gasteiger charge is -2.21. The molecule has 9 heteroatoms. The number of para-hydroxylation sites is 1.